The summed E-state index contributed by atoms with van der Waals surface area (Å²) in [4.78, 5) is 4.16. The van der Waals surface area contributed by atoms with Gasteiger partial charge in [0.2, 0.25) is 0 Å². The molecule has 0 bridgehead atoms. The van der Waals surface area contributed by atoms with Crippen molar-refractivity contribution in [3.05, 3.63) is 23.2 Å². The Balaban J connectivity index is 0.00000324. The van der Waals surface area contributed by atoms with E-state index in [0.717, 1.165) is 12.1 Å². The van der Waals surface area contributed by atoms with Gasteiger partial charge in [0.1, 0.15) is 5.75 Å². The molecule has 0 spiro atoms. The zero-order chi connectivity index (χ0) is 13.4. The van der Waals surface area contributed by atoms with Crippen molar-refractivity contribution in [1.82, 2.24) is 0 Å². The van der Waals surface area contributed by atoms with E-state index < -0.39 is 0 Å². The van der Waals surface area contributed by atoms with E-state index in [2.05, 4.69) is 10.3 Å². The number of ether oxygens (including phenoxy) is 2. The lowest BCUT2D eigenvalue weighted by atomic mass is 10.3. The molecule has 19 heavy (non-hydrogen) atoms. The summed E-state index contributed by atoms with van der Waals surface area (Å²) in [6.07, 6.45) is 0.836. The Bertz CT molecular complexity index is 416. The van der Waals surface area contributed by atoms with Crippen molar-refractivity contribution in [2.45, 2.75) is 6.42 Å². The average molecular weight is 400 g/mol. The molecule has 0 atom stereocenters. The smallest absolute Gasteiger partial charge is 0.193 e. The van der Waals surface area contributed by atoms with Crippen LogP contribution >= 0.6 is 35.6 Å². The number of hydrogen-bond donors (Lipinski definition) is 2. The van der Waals surface area contributed by atoms with E-state index in [1.165, 1.54) is 0 Å². The van der Waals surface area contributed by atoms with Crippen molar-refractivity contribution in [3.8, 4) is 5.75 Å². The fourth-order valence-corrected chi connectivity index (χ4v) is 1.60. The summed E-state index contributed by atoms with van der Waals surface area (Å²) in [6, 6.07) is 5.32. The number of halogens is 2. The van der Waals surface area contributed by atoms with Gasteiger partial charge in [-0.05, 0) is 24.6 Å². The van der Waals surface area contributed by atoms with Crippen LogP contribution in [0.25, 0.3) is 0 Å². The highest BCUT2D eigenvalue weighted by atomic mass is 127. The van der Waals surface area contributed by atoms with Gasteiger partial charge in [0.15, 0.2) is 5.96 Å². The van der Waals surface area contributed by atoms with Crippen LogP contribution in [0.1, 0.15) is 6.42 Å². The molecule has 0 amide bonds. The fourth-order valence-electron chi connectivity index (χ4n) is 1.34. The minimum Gasteiger partial charge on any atom is -0.495 e. The quantitative estimate of drug-likeness (QED) is 0.334. The monoisotopic (exact) mass is 399 g/mol. The minimum absolute atomic E-state index is 0. The second-order valence-electron chi connectivity index (χ2n) is 3.59. The molecule has 0 aliphatic carbocycles. The van der Waals surface area contributed by atoms with Crippen LogP contribution in [0.2, 0.25) is 5.02 Å². The number of rotatable bonds is 6. The number of guanidine groups is 1. The number of hydrogen-bond acceptors (Lipinski definition) is 3. The normalized spacial score (nSPS) is 10.8. The summed E-state index contributed by atoms with van der Waals surface area (Å²) < 4.78 is 9.98. The minimum atomic E-state index is 0. The van der Waals surface area contributed by atoms with Crippen molar-refractivity contribution in [3.63, 3.8) is 0 Å². The molecular formula is C12H19ClIN3O2. The number of nitrogens with zero attached hydrogens (tertiary/aromatic N) is 1. The molecule has 0 aliphatic rings. The highest BCUT2D eigenvalue weighted by molar-refractivity contribution is 14.0. The van der Waals surface area contributed by atoms with Crippen LogP contribution in [-0.4, -0.2) is 33.3 Å². The standard InChI is InChI=1S/C12H18ClN3O2.HI/c1-17-7-3-6-15-12(14)16-9-4-5-11(18-2)10(13)8-9;/h4-5,8H,3,6-7H2,1-2H3,(H3,14,15,16);1H. The van der Waals surface area contributed by atoms with Crippen LogP contribution in [0.5, 0.6) is 5.75 Å². The van der Waals surface area contributed by atoms with Gasteiger partial charge in [-0.1, -0.05) is 11.6 Å². The predicted molar refractivity (Wildman–Crippen MR) is 90.0 cm³/mol. The zero-order valence-electron chi connectivity index (χ0n) is 11.0. The van der Waals surface area contributed by atoms with Crippen molar-refractivity contribution in [2.24, 2.45) is 10.7 Å². The molecule has 0 saturated carbocycles. The molecule has 7 heteroatoms. The lowest BCUT2D eigenvalue weighted by Gasteiger charge is -2.08. The van der Waals surface area contributed by atoms with Crippen LogP contribution in [0.4, 0.5) is 5.69 Å². The molecular weight excluding hydrogens is 381 g/mol. The van der Waals surface area contributed by atoms with Gasteiger partial charge in [-0.3, -0.25) is 4.99 Å². The number of methoxy groups -OCH3 is 2. The summed E-state index contributed by atoms with van der Waals surface area (Å²) in [5.41, 5.74) is 6.50. The molecule has 0 heterocycles. The Morgan fingerprint density at radius 2 is 2.16 bits per heavy atom. The first-order valence-electron chi connectivity index (χ1n) is 5.56. The highest BCUT2D eigenvalue weighted by Crippen LogP contribution is 2.26. The second kappa shape index (κ2) is 10.1. The van der Waals surface area contributed by atoms with Crippen molar-refractivity contribution >= 4 is 47.2 Å². The summed E-state index contributed by atoms with van der Waals surface area (Å²) in [7, 11) is 3.23. The number of nitrogens with one attached hydrogen (secondary N) is 1. The van der Waals surface area contributed by atoms with Gasteiger partial charge < -0.3 is 20.5 Å². The van der Waals surface area contributed by atoms with E-state index in [1.54, 1.807) is 26.4 Å². The molecule has 0 unspecified atom stereocenters. The van der Waals surface area contributed by atoms with E-state index in [-0.39, 0.29) is 24.0 Å². The number of nitrogens with two attached hydrogens (primary N) is 1. The van der Waals surface area contributed by atoms with E-state index in [4.69, 9.17) is 26.8 Å². The molecule has 1 aromatic rings. The maximum Gasteiger partial charge on any atom is 0.193 e. The molecule has 1 rings (SSSR count). The topological polar surface area (TPSA) is 68.9 Å². The molecule has 3 N–H and O–H groups in total. The highest BCUT2D eigenvalue weighted by Gasteiger charge is 2.02. The first kappa shape index (κ1) is 18.3. The van der Waals surface area contributed by atoms with Crippen LogP contribution in [0, 0.1) is 0 Å². The van der Waals surface area contributed by atoms with Gasteiger partial charge in [-0.25, -0.2) is 0 Å². The van der Waals surface area contributed by atoms with Gasteiger partial charge in [-0.2, -0.15) is 0 Å². The third-order valence-electron chi connectivity index (χ3n) is 2.21. The maximum atomic E-state index is 6.00. The molecule has 1 aromatic carbocycles. The van der Waals surface area contributed by atoms with Gasteiger partial charge in [0.05, 0.1) is 12.1 Å². The summed E-state index contributed by atoms with van der Waals surface area (Å²) in [5, 5.41) is 3.48. The lowest BCUT2D eigenvalue weighted by molar-refractivity contribution is 0.197. The Labute approximate surface area is 135 Å². The van der Waals surface area contributed by atoms with Crippen molar-refractivity contribution in [1.29, 1.82) is 0 Å². The van der Waals surface area contributed by atoms with Crippen LogP contribution in [0.3, 0.4) is 0 Å². The lowest BCUT2D eigenvalue weighted by Crippen LogP contribution is -2.23. The number of anilines is 1. The van der Waals surface area contributed by atoms with E-state index >= 15 is 0 Å². The molecule has 0 fully saturated rings. The molecule has 0 aliphatic heterocycles. The predicted octanol–water partition coefficient (Wildman–Crippen LogP) is 2.73. The molecule has 5 nitrogen and oxygen atoms in total. The molecule has 108 valence electrons. The van der Waals surface area contributed by atoms with E-state index in [9.17, 15) is 0 Å². The SMILES string of the molecule is COCCCN=C(N)Nc1ccc(OC)c(Cl)c1.I. The fraction of sp³-hybridized carbons (Fsp3) is 0.417. The summed E-state index contributed by atoms with van der Waals surface area (Å²) in [5.74, 6) is 0.977. The van der Waals surface area contributed by atoms with Gasteiger partial charge in [0, 0.05) is 25.9 Å². The average Bonchev–Trinajstić information content (AvgIpc) is 2.35. The third kappa shape index (κ3) is 6.84. The van der Waals surface area contributed by atoms with Gasteiger partial charge in [0.25, 0.3) is 0 Å². The van der Waals surface area contributed by atoms with Gasteiger partial charge >= 0.3 is 0 Å². The summed E-state index contributed by atoms with van der Waals surface area (Å²) >= 11 is 6.00. The zero-order valence-corrected chi connectivity index (χ0v) is 14.1. The third-order valence-corrected chi connectivity index (χ3v) is 2.51. The number of aliphatic imine (C=N–C) groups is 1. The first-order valence-corrected chi connectivity index (χ1v) is 5.94. The molecule has 0 saturated heterocycles. The second-order valence-corrected chi connectivity index (χ2v) is 3.99. The van der Waals surface area contributed by atoms with Gasteiger partial charge in [-0.15, -0.1) is 24.0 Å². The van der Waals surface area contributed by atoms with Crippen molar-refractivity contribution in [2.75, 3.05) is 32.7 Å². The number of benzene rings is 1. The van der Waals surface area contributed by atoms with E-state index in [1.807, 2.05) is 6.07 Å². The summed E-state index contributed by atoms with van der Waals surface area (Å²) in [6.45, 7) is 1.29. The van der Waals surface area contributed by atoms with Crippen LogP contribution in [0.15, 0.2) is 23.2 Å². The Kier molecular flexibility index (Phi) is 9.72. The maximum absolute atomic E-state index is 6.00. The van der Waals surface area contributed by atoms with E-state index in [0.29, 0.717) is 29.9 Å². The molecule has 0 radical (unpaired) electrons. The van der Waals surface area contributed by atoms with Crippen LogP contribution < -0.4 is 15.8 Å². The Morgan fingerprint density at radius 1 is 1.42 bits per heavy atom. The van der Waals surface area contributed by atoms with Crippen LogP contribution in [-0.2, 0) is 4.74 Å². The molecule has 0 aromatic heterocycles. The largest absolute Gasteiger partial charge is 0.495 e. The first-order chi connectivity index (χ1) is 8.67. The Hall–Kier alpha value is -0.730. The van der Waals surface area contributed by atoms with Crippen molar-refractivity contribution < 1.29 is 9.47 Å². The Morgan fingerprint density at radius 3 is 2.74 bits per heavy atom.